The van der Waals surface area contributed by atoms with Crippen molar-refractivity contribution in [2.45, 2.75) is 31.1 Å². The molecule has 0 saturated heterocycles. The van der Waals surface area contributed by atoms with Gasteiger partial charge in [-0.2, -0.15) is 13.2 Å². The molecule has 0 atom stereocenters. The Balaban J connectivity index is 1.97. The molecule has 1 N–H and O–H groups in total. The first-order chi connectivity index (χ1) is 6.95. The third kappa shape index (κ3) is 2.21. The number of alkyl halides is 3. The number of halogens is 4. The van der Waals surface area contributed by atoms with Crippen LogP contribution in [0.4, 0.5) is 13.2 Å². The van der Waals surface area contributed by atoms with Crippen LogP contribution in [0.2, 0.25) is 0 Å². The largest absolute Gasteiger partial charge is 0.406 e. The number of rotatable bonds is 3. The van der Waals surface area contributed by atoms with Crippen molar-refractivity contribution in [3.8, 4) is 0 Å². The highest BCUT2D eigenvalue weighted by molar-refractivity contribution is 9.10. The molecule has 0 spiro atoms. The number of hydrogen-bond donors (Lipinski definition) is 1. The summed E-state index contributed by atoms with van der Waals surface area (Å²) >= 11 is 4.75. The number of nitrogens with one attached hydrogen (secondary N) is 1. The van der Waals surface area contributed by atoms with E-state index >= 15 is 0 Å². The zero-order chi connectivity index (χ0) is 11.1. The van der Waals surface area contributed by atoms with Gasteiger partial charge in [0, 0.05) is 15.9 Å². The SMILES string of the molecule is FC(F)(F)C1(NCc2sccc2Br)CC1. The Morgan fingerprint density at radius 2 is 2.13 bits per heavy atom. The lowest BCUT2D eigenvalue weighted by Crippen LogP contribution is -2.44. The van der Waals surface area contributed by atoms with E-state index in [4.69, 9.17) is 0 Å². The van der Waals surface area contributed by atoms with Gasteiger partial charge in [-0.05, 0) is 40.2 Å². The molecule has 1 aliphatic carbocycles. The second-order valence-corrected chi connectivity index (χ2v) is 5.48. The molecule has 1 fully saturated rings. The highest BCUT2D eigenvalue weighted by Gasteiger charge is 2.62. The van der Waals surface area contributed by atoms with Crippen molar-refractivity contribution in [2.24, 2.45) is 0 Å². The minimum atomic E-state index is -4.13. The number of hydrogen-bond acceptors (Lipinski definition) is 2. The van der Waals surface area contributed by atoms with E-state index in [1.165, 1.54) is 11.3 Å². The first kappa shape index (κ1) is 11.4. The van der Waals surface area contributed by atoms with E-state index in [0.717, 1.165) is 9.35 Å². The quantitative estimate of drug-likeness (QED) is 0.897. The maximum atomic E-state index is 12.6. The lowest BCUT2D eigenvalue weighted by molar-refractivity contribution is -0.166. The zero-order valence-corrected chi connectivity index (χ0v) is 10.1. The van der Waals surface area contributed by atoms with Crippen molar-refractivity contribution < 1.29 is 13.2 Å². The van der Waals surface area contributed by atoms with Gasteiger partial charge in [0.05, 0.1) is 0 Å². The summed E-state index contributed by atoms with van der Waals surface area (Å²) in [6, 6.07) is 1.84. The molecular formula is C9H9BrF3NS. The Labute approximate surface area is 97.8 Å². The molecule has 1 aromatic rings. The normalized spacial score (nSPS) is 19.2. The Kier molecular flexibility index (Phi) is 2.85. The molecule has 0 aromatic carbocycles. The minimum absolute atomic E-state index is 0.194. The van der Waals surface area contributed by atoms with Crippen LogP contribution in [-0.4, -0.2) is 11.7 Å². The molecule has 1 heterocycles. The summed E-state index contributed by atoms with van der Waals surface area (Å²) in [5.74, 6) is 0. The maximum Gasteiger partial charge on any atom is 0.406 e. The third-order valence-corrected chi connectivity index (χ3v) is 4.50. The molecule has 84 valence electrons. The van der Waals surface area contributed by atoms with Crippen molar-refractivity contribution in [2.75, 3.05) is 0 Å². The second-order valence-electron chi connectivity index (χ2n) is 3.63. The molecule has 0 amide bonds. The van der Waals surface area contributed by atoms with Gasteiger partial charge in [0.1, 0.15) is 5.54 Å². The molecule has 1 aromatic heterocycles. The van der Waals surface area contributed by atoms with Crippen LogP contribution < -0.4 is 5.32 Å². The van der Waals surface area contributed by atoms with Crippen LogP contribution in [0.25, 0.3) is 0 Å². The van der Waals surface area contributed by atoms with E-state index in [0.29, 0.717) is 0 Å². The van der Waals surface area contributed by atoms with E-state index in [9.17, 15) is 13.2 Å². The topological polar surface area (TPSA) is 12.0 Å². The van der Waals surface area contributed by atoms with E-state index in [1.54, 1.807) is 0 Å². The summed E-state index contributed by atoms with van der Waals surface area (Å²) in [6.45, 7) is 0.276. The van der Waals surface area contributed by atoms with Gasteiger partial charge in [0.15, 0.2) is 0 Å². The van der Waals surface area contributed by atoms with Crippen LogP contribution in [0.3, 0.4) is 0 Å². The summed E-state index contributed by atoms with van der Waals surface area (Å²) in [4.78, 5) is 0.908. The third-order valence-electron chi connectivity index (χ3n) is 2.57. The molecule has 6 heteroatoms. The van der Waals surface area contributed by atoms with Crippen LogP contribution in [0, 0.1) is 0 Å². The lowest BCUT2D eigenvalue weighted by Gasteiger charge is -2.20. The van der Waals surface area contributed by atoms with Crippen molar-refractivity contribution in [3.05, 3.63) is 20.8 Å². The van der Waals surface area contributed by atoms with Crippen LogP contribution in [0.15, 0.2) is 15.9 Å². The summed E-state index contributed by atoms with van der Waals surface area (Å²) in [5.41, 5.74) is -1.61. The van der Waals surface area contributed by atoms with Gasteiger partial charge in [-0.1, -0.05) is 0 Å². The predicted octanol–water partition coefficient (Wildman–Crippen LogP) is 3.70. The van der Waals surface area contributed by atoms with E-state index < -0.39 is 11.7 Å². The van der Waals surface area contributed by atoms with Crippen molar-refractivity contribution in [3.63, 3.8) is 0 Å². The summed E-state index contributed by atoms with van der Waals surface area (Å²) in [6.07, 6.45) is -3.74. The van der Waals surface area contributed by atoms with E-state index in [-0.39, 0.29) is 19.4 Å². The molecule has 0 bridgehead atoms. The van der Waals surface area contributed by atoms with E-state index in [2.05, 4.69) is 21.2 Å². The van der Waals surface area contributed by atoms with E-state index in [1.807, 2.05) is 11.4 Å². The van der Waals surface area contributed by atoms with Crippen LogP contribution >= 0.6 is 27.3 Å². The standard InChI is InChI=1S/C9H9BrF3NS/c10-6-1-4-15-7(6)5-14-8(2-3-8)9(11,12)13/h1,4,14H,2-3,5H2. The summed E-state index contributed by atoms with van der Waals surface area (Å²) in [7, 11) is 0. The van der Waals surface area contributed by atoms with Gasteiger partial charge in [-0.3, -0.25) is 5.32 Å². The van der Waals surface area contributed by atoms with Crippen LogP contribution in [-0.2, 0) is 6.54 Å². The first-order valence-electron chi connectivity index (χ1n) is 4.48. The van der Waals surface area contributed by atoms with Gasteiger partial charge in [0.2, 0.25) is 0 Å². The number of thiophene rings is 1. The fourth-order valence-corrected chi connectivity index (χ4v) is 2.82. The average Bonchev–Trinajstić information content (AvgIpc) is 2.82. The maximum absolute atomic E-state index is 12.6. The Bertz CT molecular complexity index is 356. The van der Waals surface area contributed by atoms with Gasteiger partial charge in [-0.25, -0.2) is 0 Å². The van der Waals surface area contributed by atoms with Gasteiger partial charge in [0.25, 0.3) is 0 Å². The van der Waals surface area contributed by atoms with Crippen LogP contribution in [0.1, 0.15) is 17.7 Å². The summed E-state index contributed by atoms with van der Waals surface area (Å²) in [5, 5.41) is 4.46. The molecule has 1 nitrogen and oxygen atoms in total. The lowest BCUT2D eigenvalue weighted by atomic mass is 10.2. The van der Waals surface area contributed by atoms with Crippen LogP contribution in [0.5, 0.6) is 0 Å². The van der Waals surface area contributed by atoms with Gasteiger partial charge < -0.3 is 0 Å². The smallest absolute Gasteiger partial charge is 0.299 e. The highest BCUT2D eigenvalue weighted by atomic mass is 79.9. The molecule has 0 unspecified atom stereocenters. The summed E-state index contributed by atoms with van der Waals surface area (Å²) < 4.78 is 38.5. The predicted molar refractivity (Wildman–Crippen MR) is 56.9 cm³/mol. The molecule has 1 saturated carbocycles. The zero-order valence-electron chi connectivity index (χ0n) is 7.70. The highest BCUT2D eigenvalue weighted by Crippen LogP contribution is 2.49. The Hall–Kier alpha value is -0.0700. The molecule has 1 aliphatic rings. The van der Waals surface area contributed by atoms with Crippen molar-refractivity contribution in [1.82, 2.24) is 5.32 Å². The van der Waals surface area contributed by atoms with Gasteiger partial charge in [-0.15, -0.1) is 11.3 Å². The fourth-order valence-electron chi connectivity index (χ4n) is 1.39. The molecule has 0 radical (unpaired) electrons. The average molecular weight is 300 g/mol. The molecular weight excluding hydrogens is 291 g/mol. The first-order valence-corrected chi connectivity index (χ1v) is 6.15. The molecule has 0 aliphatic heterocycles. The Morgan fingerprint density at radius 1 is 1.47 bits per heavy atom. The fraction of sp³-hybridized carbons (Fsp3) is 0.556. The second kappa shape index (κ2) is 3.75. The Morgan fingerprint density at radius 3 is 2.53 bits per heavy atom. The van der Waals surface area contributed by atoms with Gasteiger partial charge >= 0.3 is 6.18 Å². The monoisotopic (exact) mass is 299 g/mol. The molecule has 15 heavy (non-hydrogen) atoms. The van der Waals surface area contributed by atoms with Crippen molar-refractivity contribution in [1.29, 1.82) is 0 Å². The minimum Gasteiger partial charge on any atom is -0.299 e. The van der Waals surface area contributed by atoms with Crippen molar-refractivity contribution >= 4 is 27.3 Å². The molecule has 2 rings (SSSR count).